The summed E-state index contributed by atoms with van der Waals surface area (Å²) in [6, 6.07) is 0. The van der Waals surface area contributed by atoms with Crippen LogP contribution >= 0.6 is 0 Å². The van der Waals surface area contributed by atoms with Crippen molar-refractivity contribution in [1.29, 1.82) is 0 Å². The minimum Gasteiger partial charge on any atom is -0.375 e. The third-order valence-electron chi connectivity index (χ3n) is 3.52. The predicted octanol–water partition coefficient (Wildman–Crippen LogP) is 0.828. The van der Waals surface area contributed by atoms with Crippen LogP contribution in [0.4, 0.5) is 0 Å². The van der Waals surface area contributed by atoms with Crippen LogP contribution < -0.4 is 0 Å². The molecule has 0 N–H and O–H groups in total. The summed E-state index contributed by atoms with van der Waals surface area (Å²) >= 11 is 0. The quantitative estimate of drug-likeness (QED) is 0.757. The van der Waals surface area contributed by atoms with Crippen molar-refractivity contribution in [2.75, 3.05) is 32.8 Å². The molecule has 100 valence electrons. The summed E-state index contributed by atoms with van der Waals surface area (Å²) in [5.74, 6) is 0. The smallest absolute Gasteiger partial charge is 0.282 e. The minimum absolute atomic E-state index is 0.0586. The van der Waals surface area contributed by atoms with Gasteiger partial charge in [-0.15, -0.1) is 0 Å². The monoisotopic (exact) mass is 262 g/mol. The molecule has 0 bridgehead atoms. The highest BCUT2D eigenvalue weighted by atomic mass is 32.2. The Morgan fingerprint density at radius 2 is 1.82 bits per heavy atom. The Bertz CT molecular complexity index is 339. The number of ether oxygens (including phenoxy) is 1. The summed E-state index contributed by atoms with van der Waals surface area (Å²) in [7, 11) is -3.24. The summed E-state index contributed by atoms with van der Waals surface area (Å²) in [6.45, 7) is 4.91. The Kier molecular flexibility index (Phi) is 4.41. The molecule has 17 heavy (non-hydrogen) atoms. The average Bonchev–Trinajstić information content (AvgIpc) is 2.40. The van der Waals surface area contributed by atoms with Crippen LogP contribution in [0.25, 0.3) is 0 Å². The number of hydrogen-bond donors (Lipinski definition) is 0. The molecule has 1 atom stereocenters. The SMILES string of the molecule is CC[C@H]1CN(S(=O)(=O)N2CCCCC2)CCO1. The van der Waals surface area contributed by atoms with Gasteiger partial charge in [0.05, 0.1) is 12.7 Å². The predicted molar refractivity (Wildman–Crippen MR) is 65.9 cm³/mol. The molecule has 5 nitrogen and oxygen atoms in total. The molecule has 2 aliphatic heterocycles. The fraction of sp³-hybridized carbons (Fsp3) is 1.00. The fourth-order valence-electron chi connectivity index (χ4n) is 2.41. The largest absolute Gasteiger partial charge is 0.375 e. The van der Waals surface area contributed by atoms with Crippen molar-refractivity contribution in [2.45, 2.75) is 38.7 Å². The molecule has 2 heterocycles. The molecule has 0 aromatic carbocycles. The van der Waals surface area contributed by atoms with Gasteiger partial charge in [-0.25, -0.2) is 0 Å². The summed E-state index contributed by atoms with van der Waals surface area (Å²) in [6.07, 6.45) is 4.05. The normalized spacial score (nSPS) is 29.4. The maximum Gasteiger partial charge on any atom is 0.282 e. The molecule has 0 radical (unpaired) electrons. The average molecular weight is 262 g/mol. The second-order valence-corrected chi connectivity index (χ2v) is 6.66. The Balaban J connectivity index is 2.03. The molecule has 2 saturated heterocycles. The Labute approximate surface area is 104 Å². The molecule has 0 amide bonds. The van der Waals surface area contributed by atoms with E-state index in [0.29, 0.717) is 32.8 Å². The standard InChI is InChI=1S/C11H22N2O3S/c1-2-11-10-13(8-9-16-11)17(14,15)12-6-4-3-5-7-12/h11H,2-10H2,1H3/t11-/m0/s1. The molecule has 0 unspecified atom stereocenters. The highest BCUT2D eigenvalue weighted by Gasteiger charge is 2.33. The van der Waals surface area contributed by atoms with E-state index in [9.17, 15) is 8.42 Å². The molecular formula is C11H22N2O3S. The number of hydrogen-bond acceptors (Lipinski definition) is 3. The minimum atomic E-state index is -3.24. The molecule has 0 aromatic heterocycles. The van der Waals surface area contributed by atoms with Crippen LogP contribution in [0.15, 0.2) is 0 Å². The molecule has 0 saturated carbocycles. The van der Waals surface area contributed by atoms with E-state index >= 15 is 0 Å². The zero-order valence-corrected chi connectivity index (χ0v) is 11.3. The van der Waals surface area contributed by atoms with E-state index in [1.165, 1.54) is 0 Å². The first kappa shape index (κ1) is 13.3. The third kappa shape index (κ3) is 2.99. The maximum absolute atomic E-state index is 12.4. The lowest BCUT2D eigenvalue weighted by molar-refractivity contribution is -0.00467. The van der Waals surface area contributed by atoms with Gasteiger partial charge in [-0.05, 0) is 19.3 Å². The van der Waals surface area contributed by atoms with Crippen molar-refractivity contribution < 1.29 is 13.2 Å². The fourth-order valence-corrected chi connectivity index (χ4v) is 4.11. The van der Waals surface area contributed by atoms with E-state index in [1.807, 2.05) is 6.92 Å². The molecule has 2 rings (SSSR count). The van der Waals surface area contributed by atoms with Gasteiger partial charge in [-0.3, -0.25) is 0 Å². The zero-order chi connectivity index (χ0) is 12.3. The summed E-state index contributed by atoms with van der Waals surface area (Å²) in [5.41, 5.74) is 0. The molecule has 2 fully saturated rings. The van der Waals surface area contributed by atoms with Crippen molar-refractivity contribution >= 4 is 10.2 Å². The highest BCUT2D eigenvalue weighted by Crippen LogP contribution is 2.19. The van der Waals surface area contributed by atoms with Gasteiger partial charge in [0.2, 0.25) is 0 Å². The van der Waals surface area contributed by atoms with Crippen molar-refractivity contribution in [3.63, 3.8) is 0 Å². The number of nitrogens with zero attached hydrogens (tertiary/aromatic N) is 2. The lowest BCUT2D eigenvalue weighted by Crippen LogP contribution is -2.52. The van der Waals surface area contributed by atoms with Crippen molar-refractivity contribution in [2.24, 2.45) is 0 Å². The molecule has 6 heteroatoms. The molecule has 0 aliphatic carbocycles. The van der Waals surface area contributed by atoms with Gasteiger partial charge in [0.1, 0.15) is 0 Å². The Hall–Kier alpha value is -0.170. The van der Waals surface area contributed by atoms with Crippen LogP contribution in [-0.4, -0.2) is 55.9 Å². The Morgan fingerprint density at radius 3 is 2.47 bits per heavy atom. The summed E-state index contributed by atoms with van der Waals surface area (Å²) < 4.78 is 33.5. The first-order valence-electron chi connectivity index (χ1n) is 6.51. The van der Waals surface area contributed by atoms with Gasteiger partial charge in [0.15, 0.2) is 0 Å². The molecular weight excluding hydrogens is 240 g/mol. The lowest BCUT2D eigenvalue weighted by Gasteiger charge is -2.36. The van der Waals surface area contributed by atoms with Gasteiger partial charge >= 0.3 is 0 Å². The molecule has 0 aromatic rings. The van der Waals surface area contributed by atoms with Crippen LogP contribution in [0, 0.1) is 0 Å². The second kappa shape index (κ2) is 5.65. The number of morpholine rings is 1. The van der Waals surface area contributed by atoms with Gasteiger partial charge in [0, 0.05) is 26.2 Å². The van der Waals surface area contributed by atoms with E-state index < -0.39 is 10.2 Å². The first-order chi connectivity index (χ1) is 8.14. The van der Waals surface area contributed by atoms with Gasteiger partial charge in [0.25, 0.3) is 10.2 Å². The van der Waals surface area contributed by atoms with Crippen molar-refractivity contribution in [3.8, 4) is 0 Å². The first-order valence-corrected chi connectivity index (χ1v) is 7.91. The third-order valence-corrected chi connectivity index (χ3v) is 5.53. The highest BCUT2D eigenvalue weighted by molar-refractivity contribution is 7.86. The number of rotatable bonds is 3. The molecule has 0 spiro atoms. The van der Waals surface area contributed by atoms with Crippen molar-refractivity contribution in [3.05, 3.63) is 0 Å². The topological polar surface area (TPSA) is 49.9 Å². The van der Waals surface area contributed by atoms with Gasteiger partial charge < -0.3 is 4.74 Å². The van der Waals surface area contributed by atoms with E-state index in [-0.39, 0.29) is 6.10 Å². The zero-order valence-electron chi connectivity index (χ0n) is 10.5. The van der Waals surface area contributed by atoms with E-state index in [4.69, 9.17) is 4.74 Å². The van der Waals surface area contributed by atoms with Crippen LogP contribution in [0.5, 0.6) is 0 Å². The van der Waals surface area contributed by atoms with Crippen LogP contribution in [-0.2, 0) is 14.9 Å². The lowest BCUT2D eigenvalue weighted by atomic mass is 10.2. The number of piperidine rings is 1. The van der Waals surface area contributed by atoms with E-state index in [0.717, 1.165) is 25.7 Å². The van der Waals surface area contributed by atoms with Gasteiger partial charge in [-0.1, -0.05) is 13.3 Å². The maximum atomic E-state index is 12.4. The van der Waals surface area contributed by atoms with Crippen LogP contribution in [0.1, 0.15) is 32.6 Å². The van der Waals surface area contributed by atoms with Crippen LogP contribution in [0.2, 0.25) is 0 Å². The van der Waals surface area contributed by atoms with E-state index in [2.05, 4.69) is 0 Å². The second-order valence-electron chi connectivity index (χ2n) is 4.73. The summed E-state index contributed by atoms with van der Waals surface area (Å²) in [5, 5.41) is 0. The van der Waals surface area contributed by atoms with E-state index in [1.54, 1.807) is 8.61 Å². The Morgan fingerprint density at radius 1 is 1.12 bits per heavy atom. The molecule has 2 aliphatic rings. The van der Waals surface area contributed by atoms with Gasteiger partial charge in [-0.2, -0.15) is 17.0 Å². The van der Waals surface area contributed by atoms with Crippen molar-refractivity contribution in [1.82, 2.24) is 8.61 Å². The summed E-state index contributed by atoms with van der Waals surface area (Å²) in [4.78, 5) is 0. The van der Waals surface area contributed by atoms with Crippen LogP contribution in [0.3, 0.4) is 0 Å².